The van der Waals surface area contributed by atoms with Gasteiger partial charge in [0.25, 0.3) is 0 Å². The maximum atomic E-state index is 12.6. The lowest BCUT2D eigenvalue weighted by Gasteiger charge is -2.29. The van der Waals surface area contributed by atoms with Gasteiger partial charge in [0.15, 0.2) is 0 Å². The molecule has 1 saturated heterocycles. The summed E-state index contributed by atoms with van der Waals surface area (Å²) in [6, 6.07) is 6.44. The van der Waals surface area contributed by atoms with Gasteiger partial charge in [-0.1, -0.05) is 22.9 Å². The molecule has 1 amide bonds. The van der Waals surface area contributed by atoms with Crippen LogP contribution in [0.2, 0.25) is 0 Å². The number of nitrogens with zero attached hydrogens (tertiary/aromatic N) is 2. The summed E-state index contributed by atoms with van der Waals surface area (Å²) in [6.07, 6.45) is 0. The molecule has 0 radical (unpaired) electrons. The highest BCUT2D eigenvalue weighted by atomic mass is 79.9. The summed E-state index contributed by atoms with van der Waals surface area (Å²) in [4.78, 5) is 14.2. The van der Waals surface area contributed by atoms with Gasteiger partial charge in [0.2, 0.25) is 15.9 Å². The van der Waals surface area contributed by atoms with Gasteiger partial charge in [0, 0.05) is 37.2 Å². The van der Waals surface area contributed by atoms with E-state index in [2.05, 4.69) is 21.2 Å². The SMILES string of the molecule is CCN(CC(=O)N1CCNCC1)S(=O)(=O)c1ccc(Br)cc1. The zero-order valence-electron chi connectivity index (χ0n) is 12.5. The van der Waals surface area contributed by atoms with Gasteiger partial charge in [-0.15, -0.1) is 0 Å². The summed E-state index contributed by atoms with van der Waals surface area (Å²) in [5, 5.41) is 3.17. The minimum absolute atomic E-state index is 0.116. The molecule has 1 aromatic rings. The smallest absolute Gasteiger partial charge is 0.243 e. The van der Waals surface area contributed by atoms with Gasteiger partial charge in [0.1, 0.15) is 0 Å². The normalized spacial score (nSPS) is 16.0. The standard InChI is InChI=1S/C14H20BrN3O3S/c1-2-18(11-14(19)17-9-7-16-8-10-17)22(20,21)13-5-3-12(15)4-6-13/h3-6,16H,2,7-11H2,1H3. The van der Waals surface area contributed by atoms with Crippen molar-refractivity contribution in [3.05, 3.63) is 28.7 Å². The Labute approximate surface area is 139 Å². The first-order valence-corrected chi connectivity index (χ1v) is 9.42. The fourth-order valence-corrected chi connectivity index (χ4v) is 3.95. The molecule has 0 saturated carbocycles. The Hall–Kier alpha value is -0.960. The molecule has 2 rings (SSSR count). The van der Waals surface area contributed by atoms with Gasteiger partial charge < -0.3 is 10.2 Å². The van der Waals surface area contributed by atoms with Gasteiger partial charge in [-0.05, 0) is 24.3 Å². The maximum Gasteiger partial charge on any atom is 0.243 e. The molecule has 0 atom stereocenters. The Bertz CT molecular complexity index is 613. The van der Waals surface area contributed by atoms with Gasteiger partial charge in [-0.25, -0.2) is 8.42 Å². The third-order valence-corrected chi connectivity index (χ3v) is 6.05. The third-order valence-electron chi connectivity index (χ3n) is 3.59. The molecule has 8 heteroatoms. The van der Waals surface area contributed by atoms with E-state index in [1.54, 1.807) is 24.0 Å². The monoisotopic (exact) mass is 389 g/mol. The number of piperazine rings is 1. The summed E-state index contributed by atoms with van der Waals surface area (Å²) in [5.41, 5.74) is 0. The van der Waals surface area contributed by atoms with Crippen LogP contribution >= 0.6 is 15.9 Å². The van der Waals surface area contributed by atoms with Crippen LogP contribution in [0.3, 0.4) is 0 Å². The number of likely N-dealkylation sites (N-methyl/N-ethyl adjacent to an activating group) is 1. The van der Waals surface area contributed by atoms with E-state index in [0.29, 0.717) is 13.1 Å². The largest absolute Gasteiger partial charge is 0.339 e. The molecule has 1 aromatic carbocycles. The van der Waals surface area contributed by atoms with Crippen LogP contribution in [-0.4, -0.2) is 62.8 Å². The van der Waals surface area contributed by atoms with Crippen molar-refractivity contribution < 1.29 is 13.2 Å². The molecule has 0 bridgehead atoms. The molecule has 6 nitrogen and oxygen atoms in total. The predicted molar refractivity (Wildman–Crippen MR) is 88.0 cm³/mol. The zero-order valence-corrected chi connectivity index (χ0v) is 14.9. The summed E-state index contributed by atoms with van der Waals surface area (Å²) in [6.45, 7) is 4.62. The van der Waals surface area contributed by atoms with Crippen molar-refractivity contribution in [3.8, 4) is 0 Å². The molecule has 1 N–H and O–H groups in total. The number of halogens is 1. The molecule has 0 spiro atoms. The number of rotatable bonds is 5. The highest BCUT2D eigenvalue weighted by Gasteiger charge is 2.27. The second-order valence-corrected chi connectivity index (χ2v) is 7.87. The average molecular weight is 390 g/mol. The van der Waals surface area contributed by atoms with Crippen LogP contribution in [0.1, 0.15) is 6.92 Å². The molecule has 0 unspecified atom stereocenters. The van der Waals surface area contributed by atoms with Gasteiger partial charge in [-0.3, -0.25) is 4.79 Å². The molecular weight excluding hydrogens is 370 g/mol. The van der Waals surface area contributed by atoms with E-state index in [9.17, 15) is 13.2 Å². The molecular formula is C14H20BrN3O3S. The van der Waals surface area contributed by atoms with E-state index in [1.807, 2.05) is 0 Å². The number of carbonyl (C=O) groups excluding carboxylic acids is 1. The van der Waals surface area contributed by atoms with E-state index < -0.39 is 10.0 Å². The summed E-state index contributed by atoms with van der Waals surface area (Å²) < 4.78 is 27.3. The van der Waals surface area contributed by atoms with Crippen molar-refractivity contribution in [2.24, 2.45) is 0 Å². The predicted octanol–water partition coefficient (Wildman–Crippen LogP) is 0.891. The van der Waals surface area contributed by atoms with Crippen LogP contribution in [-0.2, 0) is 14.8 Å². The number of carbonyl (C=O) groups is 1. The quantitative estimate of drug-likeness (QED) is 0.811. The summed E-state index contributed by atoms with van der Waals surface area (Å²) in [7, 11) is -3.65. The number of nitrogens with one attached hydrogen (secondary N) is 1. The number of hydrogen-bond donors (Lipinski definition) is 1. The van der Waals surface area contributed by atoms with Crippen LogP contribution in [0, 0.1) is 0 Å². The molecule has 0 aromatic heterocycles. The number of sulfonamides is 1. The van der Waals surface area contributed by atoms with Crippen molar-refractivity contribution >= 4 is 31.9 Å². The van der Waals surface area contributed by atoms with Crippen molar-refractivity contribution in [1.82, 2.24) is 14.5 Å². The van der Waals surface area contributed by atoms with Gasteiger partial charge >= 0.3 is 0 Å². The second-order valence-electron chi connectivity index (χ2n) is 5.02. The molecule has 1 aliphatic heterocycles. The van der Waals surface area contributed by atoms with Crippen LogP contribution < -0.4 is 5.32 Å². The summed E-state index contributed by atoms with van der Waals surface area (Å²) >= 11 is 3.28. The van der Waals surface area contributed by atoms with E-state index in [-0.39, 0.29) is 23.9 Å². The number of hydrogen-bond acceptors (Lipinski definition) is 4. The van der Waals surface area contributed by atoms with E-state index in [4.69, 9.17) is 0 Å². The second kappa shape index (κ2) is 7.54. The Morgan fingerprint density at radius 1 is 1.27 bits per heavy atom. The van der Waals surface area contributed by atoms with E-state index >= 15 is 0 Å². The number of benzene rings is 1. The molecule has 122 valence electrons. The van der Waals surface area contributed by atoms with Gasteiger partial charge in [0.05, 0.1) is 11.4 Å². The van der Waals surface area contributed by atoms with E-state index in [1.165, 1.54) is 16.4 Å². The lowest BCUT2D eigenvalue weighted by molar-refractivity contribution is -0.131. The first-order valence-electron chi connectivity index (χ1n) is 7.19. The van der Waals surface area contributed by atoms with Crippen molar-refractivity contribution in [2.45, 2.75) is 11.8 Å². The van der Waals surface area contributed by atoms with Crippen LogP contribution in [0.15, 0.2) is 33.6 Å². The molecule has 0 aliphatic carbocycles. The van der Waals surface area contributed by atoms with Crippen molar-refractivity contribution in [1.29, 1.82) is 0 Å². The lowest BCUT2D eigenvalue weighted by atomic mass is 10.3. The van der Waals surface area contributed by atoms with Crippen molar-refractivity contribution in [3.63, 3.8) is 0 Å². The molecule has 22 heavy (non-hydrogen) atoms. The molecule has 1 aliphatic rings. The minimum atomic E-state index is -3.65. The molecule has 1 fully saturated rings. The zero-order chi connectivity index (χ0) is 16.2. The third kappa shape index (κ3) is 4.07. The maximum absolute atomic E-state index is 12.6. The fraction of sp³-hybridized carbons (Fsp3) is 0.500. The Kier molecular flexibility index (Phi) is 5.96. The first kappa shape index (κ1) is 17.4. The topological polar surface area (TPSA) is 69.7 Å². The number of amides is 1. The van der Waals surface area contributed by atoms with Gasteiger partial charge in [-0.2, -0.15) is 4.31 Å². The summed E-state index contributed by atoms with van der Waals surface area (Å²) in [5.74, 6) is -0.149. The lowest BCUT2D eigenvalue weighted by Crippen LogP contribution is -2.50. The Morgan fingerprint density at radius 2 is 1.86 bits per heavy atom. The van der Waals surface area contributed by atoms with Crippen molar-refractivity contribution in [2.75, 3.05) is 39.3 Å². The molecule has 1 heterocycles. The average Bonchev–Trinajstić information content (AvgIpc) is 2.53. The highest BCUT2D eigenvalue weighted by Crippen LogP contribution is 2.18. The van der Waals surface area contributed by atoms with E-state index in [0.717, 1.165) is 17.6 Å². The Balaban J connectivity index is 2.12. The Morgan fingerprint density at radius 3 is 2.41 bits per heavy atom. The highest BCUT2D eigenvalue weighted by molar-refractivity contribution is 9.10. The van der Waals surface area contributed by atoms with Crippen LogP contribution in [0.4, 0.5) is 0 Å². The van der Waals surface area contributed by atoms with Crippen LogP contribution in [0.25, 0.3) is 0 Å². The first-order chi connectivity index (χ1) is 10.4. The minimum Gasteiger partial charge on any atom is -0.339 e. The van der Waals surface area contributed by atoms with Crippen LogP contribution in [0.5, 0.6) is 0 Å². The fourth-order valence-electron chi connectivity index (χ4n) is 2.29.